The summed E-state index contributed by atoms with van der Waals surface area (Å²) in [5.41, 5.74) is 1.01. The molecule has 4 rings (SSSR count). The summed E-state index contributed by atoms with van der Waals surface area (Å²) < 4.78 is 28.4. The predicted molar refractivity (Wildman–Crippen MR) is 254 cm³/mol. The van der Waals surface area contributed by atoms with Crippen LogP contribution in [-0.4, -0.2) is 138 Å². The zero-order valence-electron chi connectivity index (χ0n) is 42.0. The van der Waals surface area contributed by atoms with Gasteiger partial charge in [-0.1, -0.05) is 76.6 Å². The highest BCUT2D eigenvalue weighted by Crippen LogP contribution is 2.37. The number of allylic oxidation sites excluding steroid dienone is 6. The second-order valence-corrected chi connectivity index (χ2v) is 20.1. The molecule has 0 aromatic rings. The van der Waals surface area contributed by atoms with Gasteiger partial charge in [-0.05, 0) is 108 Å². The Balaban J connectivity index is 1.73. The molecule has 3 fully saturated rings. The van der Waals surface area contributed by atoms with E-state index < -0.39 is 89.9 Å². The number of Topliss-reactive ketones (excluding diaryl/α,β-unsaturated/α-hetero) is 3. The fraction of sp³-hybridized carbons (Fsp3) is 0.731. The molecule has 3 aliphatic heterocycles. The number of fused-ring (bicyclic) bond motifs is 3. The summed E-state index contributed by atoms with van der Waals surface area (Å²) in [5.74, 6) is -8.48. The number of aliphatic hydroxyl groups is 3. The van der Waals surface area contributed by atoms with Crippen LogP contribution in [-0.2, 0) is 47.7 Å². The molecule has 2 bridgehead atoms. The Labute approximate surface area is 403 Å². The zero-order valence-corrected chi connectivity index (χ0v) is 42.0. The van der Waals surface area contributed by atoms with Gasteiger partial charge in [0.1, 0.15) is 18.2 Å². The summed E-state index contributed by atoms with van der Waals surface area (Å²) in [5, 5.41) is 36.8. The predicted octanol–water partition coefficient (Wildman–Crippen LogP) is 5.89. The van der Waals surface area contributed by atoms with Gasteiger partial charge in [0, 0.05) is 44.9 Å². The van der Waals surface area contributed by atoms with Gasteiger partial charge in [-0.15, -0.1) is 0 Å². The SMILES string of the molecule is COC(=O)NC1C[C@@H]2CC[C@@H](C)[C@@](O)(O2)C(=O)C(=O)N2CCCC[C@H]2C(=O)O[C@H]([C@H](C)C[C@@H]2CC[C@@H](O)[C@H](OC)C2)CC(=O)C(C)=CC(C)[C@@H](O)[C@@H](OC)C(=O)[C@H](C)C[C@H](C)C=CC=CC=C1C. The van der Waals surface area contributed by atoms with E-state index in [4.69, 9.17) is 23.7 Å². The summed E-state index contributed by atoms with van der Waals surface area (Å²) in [6, 6.07) is -1.83. The van der Waals surface area contributed by atoms with Crippen molar-refractivity contribution in [3.63, 3.8) is 0 Å². The summed E-state index contributed by atoms with van der Waals surface area (Å²) >= 11 is 0. The number of rotatable bonds is 6. The second-order valence-electron chi connectivity index (χ2n) is 20.1. The van der Waals surface area contributed by atoms with Crippen LogP contribution in [0.25, 0.3) is 0 Å². The standard InChI is InChI=1S/C52H80N2O14/c1-30-16-12-11-13-17-31(2)39(53-51(62)66-10)28-38-21-19-36(7)52(63,68-38)48(59)49(60)54-23-15-14-18-40(54)50(61)67-43(33(4)26-37-20-22-41(55)44(27-37)64-8)29-42(56)32(3)25-35(6)46(58)47(65-9)45(57)34(5)24-30/h11-13,16-17,25,30,33-41,43-44,46-47,55,58,63H,14-15,18-24,26-29H2,1-10H3,(H,53,62)/t30-,33-,34-,35?,36-,37+,38+,39?,40+,41-,43+,44-,46-,47+,52-/m1/s1. The van der Waals surface area contributed by atoms with Crippen LogP contribution in [0.2, 0.25) is 0 Å². The zero-order chi connectivity index (χ0) is 50.5. The molecular weight excluding hydrogens is 877 g/mol. The van der Waals surface area contributed by atoms with Gasteiger partial charge in [0.05, 0.1) is 37.6 Å². The first kappa shape index (κ1) is 56.5. The van der Waals surface area contributed by atoms with Crippen molar-refractivity contribution in [3.05, 3.63) is 47.6 Å². The molecule has 3 heterocycles. The average molecular weight is 957 g/mol. The Kier molecular flexibility index (Phi) is 21.8. The van der Waals surface area contributed by atoms with Crippen molar-refractivity contribution in [1.29, 1.82) is 0 Å². The van der Waals surface area contributed by atoms with E-state index >= 15 is 0 Å². The van der Waals surface area contributed by atoms with Crippen molar-refractivity contribution < 1.29 is 67.8 Å². The van der Waals surface area contributed by atoms with Gasteiger partial charge in [-0.25, -0.2) is 9.59 Å². The number of carbonyl (C=O) groups excluding carboxylic acids is 6. The largest absolute Gasteiger partial charge is 0.460 e. The van der Waals surface area contributed by atoms with Gasteiger partial charge < -0.3 is 49.2 Å². The highest BCUT2D eigenvalue weighted by molar-refractivity contribution is 6.39. The number of nitrogens with one attached hydrogen (secondary N) is 1. The van der Waals surface area contributed by atoms with Crippen LogP contribution in [0.5, 0.6) is 0 Å². The maximum absolute atomic E-state index is 14.4. The lowest BCUT2D eigenvalue weighted by Crippen LogP contribution is -2.61. The van der Waals surface area contributed by atoms with Crippen LogP contribution >= 0.6 is 0 Å². The third kappa shape index (κ3) is 15.0. The Morgan fingerprint density at radius 1 is 0.912 bits per heavy atom. The molecule has 15 atom stereocenters. The smallest absolute Gasteiger partial charge is 0.407 e. The summed E-state index contributed by atoms with van der Waals surface area (Å²) in [6.07, 6.45) is 9.68. The van der Waals surface area contributed by atoms with E-state index in [1.54, 1.807) is 53.0 Å². The molecule has 16 heteroatoms. The summed E-state index contributed by atoms with van der Waals surface area (Å²) in [4.78, 5) is 84.5. The number of carbonyl (C=O) groups is 6. The maximum Gasteiger partial charge on any atom is 0.407 e. The molecule has 68 heavy (non-hydrogen) atoms. The van der Waals surface area contributed by atoms with E-state index in [1.807, 2.05) is 39.0 Å². The molecule has 382 valence electrons. The third-order valence-electron chi connectivity index (χ3n) is 14.7. The Hall–Kier alpha value is -4.06. The number of alkyl carbamates (subject to hydrolysis) is 1. The average Bonchev–Trinajstić information content (AvgIpc) is 3.31. The molecule has 4 aliphatic rings. The number of aliphatic hydroxyl groups excluding tert-OH is 2. The minimum atomic E-state index is -2.53. The van der Waals surface area contributed by atoms with Gasteiger partial charge in [-0.2, -0.15) is 0 Å². The van der Waals surface area contributed by atoms with Crippen molar-refractivity contribution in [2.45, 2.75) is 180 Å². The quantitative estimate of drug-likeness (QED) is 0.180. The van der Waals surface area contributed by atoms with E-state index in [2.05, 4.69) is 5.32 Å². The highest BCUT2D eigenvalue weighted by Gasteiger charge is 2.53. The molecule has 0 spiro atoms. The first-order valence-electron chi connectivity index (χ1n) is 24.6. The fourth-order valence-electron chi connectivity index (χ4n) is 10.3. The van der Waals surface area contributed by atoms with Crippen molar-refractivity contribution in [1.82, 2.24) is 10.2 Å². The van der Waals surface area contributed by atoms with Gasteiger partial charge in [-0.3, -0.25) is 19.2 Å². The molecule has 0 radical (unpaired) electrons. The number of nitrogens with zero attached hydrogens (tertiary/aromatic N) is 1. The number of amides is 2. The second kappa shape index (κ2) is 26.2. The van der Waals surface area contributed by atoms with Crippen LogP contribution in [0.3, 0.4) is 0 Å². The van der Waals surface area contributed by atoms with E-state index in [0.717, 1.165) is 4.90 Å². The van der Waals surface area contributed by atoms with Crippen molar-refractivity contribution in [3.8, 4) is 0 Å². The number of esters is 1. The molecule has 4 N–H and O–H groups in total. The molecule has 2 saturated heterocycles. The van der Waals surface area contributed by atoms with Gasteiger partial charge in [0.25, 0.3) is 11.7 Å². The number of hydrogen-bond acceptors (Lipinski definition) is 14. The van der Waals surface area contributed by atoms with E-state index in [9.17, 15) is 44.1 Å². The number of hydrogen-bond donors (Lipinski definition) is 4. The molecule has 0 aromatic carbocycles. The van der Waals surface area contributed by atoms with Crippen LogP contribution < -0.4 is 5.32 Å². The topological polar surface area (TPSA) is 225 Å². The number of methoxy groups -OCH3 is 3. The molecule has 1 saturated carbocycles. The Bertz CT molecular complexity index is 1880. The maximum atomic E-state index is 14.4. The first-order valence-corrected chi connectivity index (χ1v) is 24.6. The van der Waals surface area contributed by atoms with E-state index in [1.165, 1.54) is 14.2 Å². The van der Waals surface area contributed by atoms with Gasteiger partial charge in [0.2, 0.25) is 5.79 Å². The third-order valence-corrected chi connectivity index (χ3v) is 14.7. The fourth-order valence-corrected chi connectivity index (χ4v) is 10.3. The number of cyclic esters (lactones) is 1. The van der Waals surface area contributed by atoms with Gasteiger partial charge in [0.15, 0.2) is 11.6 Å². The minimum absolute atomic E-state index is 0.0317. The molecule has 1 aliphatic carbocycles. The Morgan fingerprint density at radius 3 is 2.31 bits per heavy atom. The minimum Gasteiger partial charge on any atom is -0.460 e. The van der Waals surface area contributed by atoms with E-state index in [0.29, 0.717) is 68.9 Å². The molecule has 16 nitrogen and oxygen atoms in total. The van der Waals surface area contributed by atoms with Crippen molar-refractivity contribution in [2.75, 3.05) is 27.9 Å². The molecule has 0 aromatic heterocycles. The van der Waals surface area contributed by atoms with Crippen molar-refractivity contribution >= 4 is 35.3 Å². The van der Waals surface area contributed by atoms with Crippen LogP contribution in [0.4, 0.5) is 4.79 Å². The van der Waals surface area contributed by atoms with Crippen LogP contribution in [0, 0.1) is 35.5 Å². The molecule has 2 amide bonds. The number of ether oxygens (including phenoxy) is 5. The Morgan fingerprint density at radius 2 is 1.63 bits per heavy atom. The van der Waals surface area contributed by atoms with Gasteiger partial charge >= 0.3 is 12.1 Å². The van der Waals surface area contributed by atoms with Crippen molar-refractivity contribution in [2.24, 2.45) is 35.5 Å². The first-order chi connectivity index (χ1) is 32.1. The lowest BCUT2D eigenvalue weighted by Gasteiger charge is -2.43. The lowest BCUT2D eigenvalue weighted by molar-refractivity contribution is -0.264. The van der Waals surface area contributed by atoms with E-state index in [-0.39, 0.29) is 61.2 Å². The molecule has 2 unspecified atom stereocenters. The van der Waals surface area contributed by atoms with Crippen LogP contribution in [0.1, 0.15) is 126 Å². The normalized spacial score (nSPS) is 36.5. The highest BCUT2D eigenvalue weighted by atomic mass is 16.6. The summed E-state index contributed by atoms with van der Waals surface area (Å²) in [6.45, 7) is 12.4. The lowest BCUT2D eigenvalue weighted by atomic mass is 9.78. The monoisotopic (exact) mass is 957 g/mol. The number of ketones is 3. The molecular formula is C52H80N2O14. The van der Waals surface area contributed by atoms with Crippen LogP contribution in [0.15, 0.2) is 47.6 Å². The number of piperidine rings is 1. The summed E-state index contributed by atoms with van der Waals surface area (Å²) in [7, 11) is 4.16.